The van der Waals surface area contributed by atoms with Crippen molar-refractivity contribution in [2.45, 2.75) is 39.7 Å². The quantitative estimate of drug-likeness (QED) is 0.678. The van der Waals surface area contributed by atoms with Crippen molar-refractivity contribution in [3.05, 3.63) is 29.8 Å². The lowest BCUT2D eigenvalue weighted by atomic mass is 9.76. The Morgan fingerprint density at radius 1 is 1.33 bits per heavy atom. The monoisotopic (exact) mass is 204 g/mol. The summed E-state index contributed by atoms with van der Waals surface area (Å²) in [7, 11) is 0. The summed E-state index contributed by atoms with van der Waals surface area (Å²) in [4.78, 5) is 0. The highest BCUT2D eigenvalue weighted by molar-refractivity contribution is 5.36. The van der Waals surface area contributed by atoms with Gasteiger partial charge in [0.25, 0.3) is 0 Å². The van der Waals surface area contributed by atoms with Gasteiger partial charge in [-0.05, 0) is 36.8 Å². The first-order chi connectivity index (χ1) is 7.04. The predicted molar refractivity (Wildman–Crippen MR) is 63.2 cm³/mol. The summed E-state index contributed by atoms with van der Waals surface area (Å²) in [6, 6.07) is 8.40. The Kier molecular flexibility index (Phi) is 2.49. The van der Waals surface area contributed by atoms with Crippen molar-refractivity contribution in [3.8, 4) is 5.75 Å². The second-order valence-corrected chi connectivity index (χ2v) is 5.15. The lowest BCUT2D eigenvalue weighted by Gasteiger charge is -2.44. The van der Waals surface area contributed by atoms with E-state index in [0.717, 1.165) is 12.2 Å². The van der Waals surface area contributed by atoms with Crippen LogP contribution >= 0.6 is 0 Å². The largest absolute Gasteiger partial charge is 0.487 e. The topological polar surface area (TPSA) is 9.23 Å². The van der Waals surface area contributed by atoms with Crippen LogP contribution in [0.25, 0.3) is 0 Å². The molecule has 0 spiro atoms. The Morgan fingerprint density at radius 2 is 2.00 bits per heavy atom. The molecule has 0 bridgehead atoms. The van der Waals surface area contributed by atoms with Crippen LogP contribution in [-0.4, -0.2) is 5.60 Å². The fourth-order valence-electron chi connectivity index (χ4n) is 2.33. The molecule has 0 aromatic heterocycles. The van der Waals surface area contributed by atoms with E-state index in [4.69, 9.17) is 4.74 Å². The molecule has 1 heteroatoms. The van der Waals surface area contributed by atoms with Gasteiger partial charge in [0, 0.05) is 0 Å². The number of fused-ring (bicyclic) bond motifs is 1. The standard InChI is InChI=1S/C14H20O/c1-10(2)14(4)11(3)9-12-7-5-6-8-13(12)15-14/h5-8,10-11H,9H2,1-4H3. The van der Waals surface area contributed by atoms with Gasteiger partial charge in [-0.3, -0.25) is 0 Å². The zero-order chi connectivity index (χ0) is 11.1. The van der Waals surface area contributed by atoms with Crippen molar-refractivity contribution in [1.82, 2.24) is 0 Å². The van der Waals surface area contributed by atoms with E-state index >= 15 is 0 Å². The summed E-state index contributed by atoms with van der Waals surface area (Å²) in [5.74, 6) is 2.19. The molecule has 2 unspecified atom stereocenters. The third-order valence-corrected chi connectivity index (χ3v) is 3.95. The first-order valence-corrected chi connectivity index (χ1v) is 5.81. The molecule has 1 aliphatic heterocycles. The van der Waals surface area contributed by atoms with Crippen LogP contribution < -0.4 is 4.74 Å². The van der Waals surface area contributed by atoms with Gasteiger partial charge in [-0.25, -0.2) is 0 Å². The van der Waals surface area contributed by atoms with E-state index < -0.39 is 0 Å². The number of hydrogen-bond acceptors (Lipinski definition) is 1. The van der Waals surface area contributed by atoms with Crippen LogP contribution in [0, 0.1) is 11.8 Å². The molecule has 1 aromatic carbocycles. The molecule has 1 aromatic rings. The van der Waals surface area contributed by atoms with E-state index in [9.17, 15) is 0 Å². The van der Waals surface area contributed by atoms with Gasteiger partial charge in [0.1, 0.15) is 11.4 Å². The first kappa shape index (κ1) is 10.5. The van der Waals surface area contributed by atoms with Gasteiger partial charge in [0.15, 0.2) is 0 Å². The van der Waals surface area contributed by atoms with Gasteiger partial charge in [0.2, 0.25) is 0 Å². The molecule has 1 heterocycles. The number of rotatable bonds is 1. The zero-order valence-electron chi connectivity index (χ0n) is 10.1. The third-order valence-electron chi connectivity index (χ3n) is 3.95. The van der Waals surface area contributed by atoms with E-state index in [2.05, 4.69) is 52.0 Å². The molecule has 0 radical (unpaired) electrons. The summed E-state index contributed by atoms with van der Waals surface area (Å²) in [5.41, 5.74) is 1.33. The average Bonchev–Trinajstić information content (AvgIpc) is 2.19. The molecule has 0 aliphatic carbocycles. The molecular weight excluding hydrogens is 184 g/mol. The van der Waals surface area contributed by atoms with Crippen molar-refractivity contribution in [2.24, 2.45) is 11.8 Å². The summed E-state index contributed by atoms with van der Waals surface area (Å²) in [6.45, 7) is 9.00. The molecule has 0 fully saturated rings. The third kappa shape index (κ3) is 1.64. The smallest absolute Gasteiger partial charge is 0.123 e. The molecular formula is C14H20O. The molecule has 1 aliphatic rings. The Balaban J connectivity index is 2.37. The molecule has 15 heavy (non-hydrogen) atoms. The van der Waals surface area contributed by atoms with Crippen LogP contribution in [0.4, 0.5) is 0 Å². The van der Waals surface area contributed by atoms with Gasteiger partial charge in [0.05, 0.1) is 0 Å². The highest BCUT2D eigenvalue weighted by atomic mass is 16.5. The maximum absolute atomic E-state index is 6.19. The normalized spacial score (nSPS) is 29.8. The van der Waals surface area contributed by atoms with Crippen molar-refractivity contribution in [2.75, 3.05) is 0 Å². The zero-order valence-corrected chi connectivity index (χ0v) is 10.1. The number of para-hydroxylation sites is 1. The Bertz CT molecular complexity index is 356. The number of ether oxygens (including phenoxy) is 1. The molecule has 2 atom stereocenters. The van der Waals surface area contributed by atoms with Crippen molar-refractivity contribution < 1.29 is 4.74 Å². The summed E-state index contributed by atoms with van der Waals surface area (Å²) >= 11 is 0. The number of benzene rings is 1. The van der Waals surface area contributed by atoms with Gasteiger partial charge in [-0.2, -0.15) is 0 Å². The van der Waals surface area contributed by atoms with Crippen LogP contribution in [0.3, 0.4) is 0 Å². The predicted octanol–water partition coefficient (Wildman–Crippen LogP) is 3.67. The molecule has 0 saturated heterocycles. The van der Waals surface area contributed by atoms with Crippen LogP contribution in [0.1, 0.15) is 33.3 Å². The summed E-state index contributed by atoms with van der Waals surface area (Å²) in [5, 5.41) is 0. The van der Waals surface area contributed by atoms with E-state index in [1.807, 2.05) is 0 Å². The molecule has 0 N–H and O–H groups in total. The summed E-state index contributed by atoms with van der Waals surface area (Å²) < 4.78 is 6.19. The fraction of sp³-hybridized carbons (Fsp3) is 0.571. The van der Waals surface area contributed by atoms with Crippen molar-refractivity contribution >= 4 is 0 Å². The minimum absolute atomic E-state index is 0.0195. The van der Waals surface area contributed by atoms with Crippen molar-refractivity contribution in [1.29, 1.82) is 0 Å². The maximum atomic E-state index is 6.19. The molecule has 0 amide bonds. The minimum atomic E-state index is -0.0195. The highest BCUT2D eigenvalue weighted by Gasteiger charge is 2.40. The van der Waals surface area contributed by atoms with Crippen LogP contribution in [0.15, 0.2) is 24.3 Å². The first-order valence-electron chi connectivity index (χ1n) is 5.81. The van der Waals surface area contributed by atoms with E-state index in [0.29, 0.717) is 11.8 Å². The van der Waals surface area contributed by atoms with Gasteiger partial charge in [-0.1, -0.05) is 39.0 Å². The van der Waals surface area contributed by atoms with E-state index in [-0.39, 0.29) is 5.60 Å². The highest BCUT2D eigenvalue weighted by Crippen LogP contribution is 2.40. The Hall–Kier alpha value is -0.980. The second kappa shape index (κ2) is 3.55. The Labute approximate surface area is 92.5 Å². The number of hydrogen-bond donors (Lipinski definition) is 0. The van der Waals surface area contributed by atoms with Gasteiger partial charge in [-0.15, -0.1) is 0 Å². The average molecular weight is 204 g/mol. The van der Waals surface area contributed by atoms with Crippen LogP contribution in [0.2, 0.25) is 0 Å². The van der Waals surface area contributed by atoms with E-state index in [1.165, 1.54) is 5.56 Å². The van der Waals surface area contributed by atoms with Crippen molar-refractivity contribution in [3.63, 3.8) is 0 Å². The van der Waals surface area contributed by atoms with Gasteiger partial charge >= 0.3 is 0 Å². The molecule has 2 rings (SSSR count). The van der Waals surface area contributed by atoms with Crippen LogP contribution in [0.5, 0.6) is 5.75 Å². The molecule has 82 valence electrons. The maximum Gasteiger partial charge on any atom is 0.123 e. The molecule has 0 saturated carbocycles. The lowest BCUT2D eigenvalue weighted by Crippen LogP contribution is -2.47. The summed E-state index contributed by atoms with van der Waals surface area (Å²) in [6.07, 6.45) is 1.13. The SMILES string of the molecule is CC(C)C1(C)Oc2ccccc2CC1C. The van der Waals surface area contributed by atoms with E-state index in [1.54, 1.807) is 0 Å². The van der Waals surface area contributed by atoms with Gasteiger partial charge < -0.3 is 4.74 Å². The Morgan fingerprint density at radius 3 is 2.67 bits per heavy atom. The fourth-order valence-corrected chi connectivity index (χ4v) is 2.33. The molecule has 1 nitrogen and oxygen atoms in total. The lowest BCUT2D eigenvalue weighted by molar-refractivity contribution is -0.0234. The second-order valence-electron chi connectivity index (χ2n) is 5.15. The minimum Gasteiger partial charge on any atom is -0.487 e. The van der Waals surface area contributed by atoms with Crippen LogP contribution in [-0.2, 0) is 6.42 Å².